The van der Waals surface area contributed by atoms with Crippen LogP contribution >= 0.6 is 0 Å². The standard InChI is InChI=1S/C13H14N2O/c1-9-3-5-11(6-4-9)15-12-7-10(2)14-13(16)8-12/h3-8H,1-2H3,(H2,14,15,16). The number of aromatic nitrogens is 1. The third kappa shape index (κ3) is 2.51. The number of anilines is 2. The number of benzene rings is 1. The zero-order chi connectivity index (χ0) is 11.5. The Hall–Kier alpha value is -2.03. The molecule has 0 unspecified atom stereocenters. The molecular weight excluding hydrogens is 200 g/mol. The Kier molecular flexibility index (Phi) is 2.77. The smallest absolute Gasteiger partial charge is 0.250 e. The summed E-state index contributed by atoms with van der Waals surface area (Å²) >= 11 is 0. The molecule has 0 fully saturated rings. The maximum atomic E-state index is 11.3. The van der Waals surface area contributed by atoms with E-state index >= 15 is 0 Å². The number of hydrogen-bond acceptors (Lipinski definition) is 2. The van der Waals surface area contributed by atoms with Crippen molar-refractivity contribution in [3.63, 3.8) is 0 Å². The minimum absolute atomic E-state index is 0.0883. The zero-order valence-corrected chi connectivity index (χ0v) is 9.37. The lowest BCUT2D eigenvalue weighted by atomic mass is 10.2. The van der Waals surface area contributed by atoms with E-state index in [1.165, 1.54) is 5.56 Å². The molecule has 1 aromatic carbocycles. The Morgan fingerprint density at radius 2 is 1.69 bits per heavy atom. The Morgan fingerprint density at radius 1 is 1.00 bits per heavy atom. The highest BCUT2D eigenvalue weighted by Crippen LogP contribution is 2.15. The van der Waals surface area contributed by atoms with Gasteiger partial charge in [-0.15, -0.1) is 0 Å². The van der Waals surface area contributed by atoms with E-state index < -0.39 is 0 Å². The number of pyridine rings is 1. The van der Waals surface area contributed by atoms with Gasteiger partial charge in [0.15, 0.2) is 0 Å². The molecule has 0 aliphatic rings. The van der Waals surface area contributed by atoms with Gasteiger partial charge in [-0.25, -0.2) is 0 Å². The maximum Gasteiger partial charge on any atom is 0.250 e. The van der Waals surface area contributed by atoms with Crippen molar-refractivity contribution in [2.45, 2.75) is 13.8 Å². The summed E-state index contributed by atoms with van der Waals surface area (Å²) < 4.78 is 0. The predicted octanol–water partition coefficient (Wildman–Crippen LogP) is 2.74. The van der Waals surface area contributed by atoms with Crippen molar-refractivity contribution in [2.75, 3.05) is 5.32 Å². The number of H-pyrrole nitrogens is 1. The topological polar surface area (TPSA) is 44.9 Å². The van der Waals surface area contributed by atoms with Crippen molar-refractivity contribution < 1.29 is 0 Å². The normalized spacial score (nSPS) is 10.1. The van der Waals surface area contributed by atoms with Crippen LogP contribution in [-0.4, -0.2) is 4.98 Å². The third-order valence-corrected chi connectivity index (χ3v) is 2.32. The van der Waals surface area contributed by atoms with Gasteiger partial charge >= 0.3 is 0 Å². The van der Waals surface area contributed by atoms with Gasteiger partial charge in [0.25, 0.3) is 0 Å². The van der Waals surface area contributed by atoms with Crippen LogP contribution in [0.3, 0.4) is 0 Å². The molecule has 3 heteroatoms. The van der Waals surface area contributed by atoms with E-state index in [1.807, 2.05) is 44.2 Å². The van der Waals surface area contributed by atoms with Gasteiger partial charge in [-0.1, -0.05) is 17.7 Å². The molecule has 0 bridgehead atoms. The molecule has 0 spiro atoms. The van der Waals surface area contributed by atoms with E-state index in [1.54, 1.807) is 6.07 Å². The predicted molar refractivity (Wildman–Crippen MR) is 66.3 cm³/mol. The average Bonchev–Trinajstić information content (AvgIpc) is 2.20. The first kappa shape index (κ1) is 10.5. The average molecular weight is 214 g/mol. The van der Waals surface area contributed by atoms with Crippen LogP contribution in [0.5, 0.6) is 0 Å². The van der Waals surface area contributed by atoms with Gasteiger partial charge in [0.05, 0.1) is 0 Å². The van der Waals surface area contributed by atoms with Crippen LogP contribution in [0.25, 0.3) is 0 Å². The second-order valence-electron chi connectivity index (χ2n) is 3.91. The summed E-state index contributed by atoms with van der Waals surface area (Å²) in [5.41, 5.74) is 3.77. The quantitative estimate of drug-likeness (QED) is 0.807. The molecule has 0 amide bonds. The molecule has 2 aromatic rings. The molecule has 0 aliphatic heterocycles. The number of aryl methyl sites for hydroxylation is 2. The van der Waals surface area contributed by atoms with Crippen molar-refractivity contribution in [3.8, 4) is 0 Å². The zero-order valence-electron chi connectivity index (χ0n) is 9.37. The number of hydrogen-bond donors (Lipinski definition) is 2. The lowest BCUT2D eigenvalue weighted by Gasteiger charge is -2.06. The molecule has 3 nitrogen and oxygen atoms in total. The van der Waals surface area contributed by atoms with Crippen LogP contribution < -0.4 is 10.9 Å². The third-order valence-electron chi connectivity index (χ3n) is 2.32. The molecule has 16 heavy (non-hydrogen) atoms. The fraction of sp³-hybridized carbons (Fsp3) is 0.154. The molecule has 0 saturated heterocycles. The molecule has 2 N–H and O–H groups in total. The monoisotopic (exact) mass is 214 g/mol. The second kappa shape index (κ2) is 4.23. The van der Waals surface area contributed by atoms with Crippen molar-refractivity contribution in [1.29, 1.82) is 0 Å². The molecule has 2 rings (SSSR count). The highest BCUT2D eigenvalue weighted by molar-refractivity contribution is 5.59. The van der Waals surface area contributed by atoms with Crippen LogP contribution in [0.2, 0.25) is 0 Å². The largest absolute Gasteiger partial charge is 0.355 e. The van der Waals surface area contributed by atoms with Gasteiger partial charge < -0.3 is 10.3 Å². The van der Waals surface area contributed by atoms with Crippen molar-refractivity contribution in [3.05, 3.63) is 58.0 Å². The van der Waals surface area contributed by atoms with E-state index in [9.17, 15) is 4.79 Å². The Bertz CT molecular complexity index is 541. The minimum Gasteiger partial charge on any atom is -0.355 e. The number of aromatic amines is 1. The summed E-state index contributed by atoms with van der Waals surface area (Å²) in [6.45, 7) is 3.91. The minimum atomic E-state index is -0.0883. The van der Waals surface area contributed by atoms with Crippen LogP contribution in [0.4, 0.5) is 11.4 Å². The summed E-state index contributed by atoms with van der Waals surface area (Å²) in [7, 11) is 0. The van der Waals surface area contributed by atoms with Gasteiger partial charge in [0, 0.05) is 23.1 Å². The highest BCUT2D eigenvalue weighted by Gasteiger charge is 1.97. The van der Waals surface area contributed by atoms with E-state index in [-0.39, 0.29) is 5.56 Å². The summed E-state index contributed by atoms with van der Waals surface area (Å²) in [6, 6.07) is 11.5. The Morgan fingerprint density at radius 3 is 2.31 bits per heavy atom. The lowest BCUT2D eigenvalue weighted by Crippen LogP contribution is -2.06. The first-order valence-corrected chi connectivity index (χ1v) is 5.18. The molecule has 0 radical (unpaired) electrons. The van der Waals surface area contributed by atoms with E-state index in [0.717, 1.165) is 17.1 Å². The Balaban J connectivity index is 2.26. The van der Waals surface area contributed by atoms with Gasteiger partial charge in [-0.05, 0) is 32.0 Å². The molecule has 1 aromatic heterocycles. The van der Waals surface area contributed by atoms with E-state index in [2.05, 4.69) is 10.3 Å². The first-order valence-electron chi connectivity index (χ1n) is 5.18. The highest BCUT2D eigenvalue weighted by atomic mass is 16.1. The van der Waals surface area contributed by atoms with Crippen LogP contribution in [0.15, 0.2) is 41.2 Å². The van der Waals surface area contributed by atoms with Gasteiger partial charge in [-0.2, -0.15) is 0 Å². The number of rotatable bonds is 2. The Labute approximate surface area is 94.1 Å². The fourth-order valence-electron chi connectivity index (χ4n) is 1.56. The van der Waals surface area contributed by atoms with Gasteiger partial charge in [0.1, 0.15) is 0 Å². The summed E-state index contributed by atoms with van der Waals surface area (Å²) in [5.74, 6) is 0. The molecule has 1 heterocycles. The van der Waals surface area contributed by atoms with Crippen molar-refractivity contribution in [1.82, 2.24) is 4.98 Å². The van der Waals surface area contributed by atoms with E-state index in [0.29, 0.717) is 0 Å². The molecule has 0 atom stereocenters. The lowest BCUT2D eigenvalue weighted by molar-refractivity contribution is 1.14. The van der Waals surface area contributed by atoms with Crippen molar-refractivity contribution in [2.24, 2.45) is 0 Å². The summed E-state index contributed by atoms with van der Waals surface area (Å²) in [6.07, 6.45) is 0. The SMILES string of the molecule is Cc1ccc(Nc2cc(C)[nH]c(=O)c2)cc1. The van der Waals surface area contributed by atoms with Gasteiger partial charge in [0.2, 0.25) is 5.56 Å². The van der Waals surface area contributed by atoms with Crippen molar-refractivity contribution >= 4 is 11.4 Å². The fourth-order valence-corrected chi connectivity index (χ4v) is 1.56. The van der Waals surface area contributed by atoms with Gasteiger partial charge in [-0.3, -0.25) is 4.79 Å². The maximum absolute atomic E-state index is 11.3. The van der Waals surface area contributed by atoms with Crippen LogP contribution in [0, 0.1) is 13.8 Å². The summed E-state index contributed by atoms with van der Waals surface area (Å²) in [4.78, 5) is 14.0. The van der Waals surface area contributed by atoms with Crippen LogP contribution in [-0.2, 0) is 0 Å². The molecule has 0 saturated carbocycles. The molecule has 82 valence electrons. The second-order valence-corrected chi connectivity index (χ2v) is 3.91. The first-order chi connectivity index (χ1) is 7.63. The molecular formula is C13H14N2O. The molecule has 0 aliphatic carbocycles. The summed E-state index contributed by atoms with van der Waals surface area (Å²) in [5, 5.41) is 3.19. The van der Waals surface area contributed by atoms with E-state index in [4.69, 9.17) is 0 Å². The number of nitrogens with one attached hydrogen (secondary N) is 2. The van der Waals surface area contributed by atoms with Crippen LogP contribution in [0.1, 0.15) is 11.3 Å².